The lowest BCUT2D eigenvalue weighted by molar-refractivity contribution is -0.161. The summed E-state index contributed by atoms with van der Waals surface area (Å²) in [6, 6.07) is 2.93. The number of fused-ring (bicyclic) bond motifs is 1. The van der Waals surface area contributed by atoms with Gasteiger partial charge in [0.15, 0.2) is 28.6 Å². The number of nitrogens with two attached hydrogens (primary N) is 1. The van der Waals surface area contributed by atoms with Crippen LogP contribution in [0.3, 0.4) is 0 Å². The van der Waals surface area contributed by atoms with Crippen LogP contribution in [0.2, 0.25) is 0 Å². The molecule has 0 aromatic carbocycles. The smallest absolute Gasteiger partial charge is 0.402 e. The van der Waals surface area contributed by atoms with Gasteiger partial charge in [-0.3, -0.25) is 23.2 Å². The number of esters is 2. The largest absolute Gasteiger partial charge is 0.445 e. The predicted molar refractivity (Wildman–Crippen MR) is 147 cm³/mol. The molecule has 3 rings (SSSR count). The zero-order valence-electron chi connectivity index (χ0n) is 24.4. The van der Waals surface area contributed by atoms with E-state index in [0.29, 0.717) is 23.5 Å². The summed E-state index contributed by atoms with van der Waals surface area (Å²) in [6.07, 6.45) is 1.35. The fourth-order valence-corrected chi connectivity index (χ4v) is 4.44. The van der Waals surface area contributed by atoms with Crippen LogP contribution in [0, 0.1) is 16.2 Å². The van der Waals surface area contributed by atoms with Gasteiger partial charge in [-0.05, 0) is 59.1 Å². The van der Waals surface area contributed by atoms with Gasteiger partial charge in [-0.15, -0.1) is 0 Å². The zero-order valence-corrected chi connectivity index (χ0v) is 25.3. The first-order valence-corrected chi connectivity index (χ1v) is 14.2. The van der Waals surface area contributed by atoms with Gasteiger partial charge in [-0.25, -0.2) is 15.0 Å². The van der Waals surface area contributed by atoms with Crippen molar-refractivity contribution in [1.29, 1.82) is 0 Å². The quantitative estimate of drug-likeness (QED) is 0.211. The number of furan rings is 1. The van der Waals surface area contributed by atoms with Crippen LogP contribution in [0.25, 0.3) is 22.7 Å². The third-order valence-electron chi connectivity index (χ3n) is 5.32. The number of carbonyl (C=O) groups is 2. The second-order valence-corrected chi connectivity index (χ2v) is 14.5. The first-order valence-electron chi connectivity index (χ1n) is 12.6. The fraction of sp³-hybridized carbons (Fsp3) is 0.577. The summed E-state index contributed by atoms with van der Waals surface area (Å²) >= 11 is 0. The van der Waals surface area contributed by atoms with Crippen molar-refractivity contribution >= 4 is 42.0 Å². The molecular formula is C26H38N5O8P. The molecule has 3 aromatic heterocycles. The van der Waals surface area contributed by atoms with Gasteiger partial charge in [0.1, 0.15) is 6.33 Å². The van der Waals surface area contributed by atoms with Crippen LogP contribution >= 0.6 is 7.60 Å². The molecule has 0 saturated carbocycles. The van der Waals surface area contributed by atoms with Gasteiger partial charge in [-0.1, -0.05) is 20.8 Å². The van der Waals surface area contributed by atoms with Crippen LogP contribution in [0.5, 0.6) is 0 Å². The Labute approximate surface area is 233 Å². The second-order valence-electron chi connectivity index (χ2n) is 12.5. The standard InChI is InChI=1S/C26H38N5O8P/c1-24(2,3)12-31-20(30-18-19(27)28-13-29-21(18)31)16-10-11-17(39-16)40(34,37-14-35-22(32)25(4,5)6)38-15-36-23(33)26(7,8)9/h10-11,13H,12,14-15H2,1-9H3,(H2,27,28,29). The van der Waals surface area contributed by atoms with Gasteiger partial charge < -0.3 is 24.2 Å². The van der Waals surface area contributed by atoms with Crippen molar-refractivity contribution in [3.8, 4) is 11.6 Å². The SMILES string of the molecule is CC(C)(C)Cn1c(-c2ccc(P(=O)(OCOC(=O)C(C)(C)C)OCOC(=O)C(C)(C)C)o2)nc2c(N)ncnc21. The number of rotatable bonds is 9. The number of nitrogens with zero attached hydrogens (tertiary/aromatic N) is 4. The molecule has 0 atom stereocenters. The summed E-state index contributed by atoms with van der Waals surface area (Å²) in [5.41, 5.74) is 4.93. The molecule has 0 radical (unpaired) electrons. The van der Waals surface area contributed by atoms with Crippen molar-refractivity contribution in [2.45, 2.75) is 68.9 Å². The lowest BCUT2D eigenvalue weighted by Gasteiger charge is -2.21. The predicted octanol–water partition coefficient (Wildman–Crippen LogP) is 4.66. The Morgan fingerprint density at radius 1 is 0.925 bits per heavy atom. The van der Waals surface area contributed by atoms with Crippen molar-refractivity contribution in [2.24, 2.45) is 16.2 Å². The molecule has 220 valence electrons. The molecule has 13 nitrogen and oxygen atoms in total. The maximum absolute atomic E-state index is 13.9. The highest BCUT2D eigenvalue weighted by Gasteiger charge is 2.36. The minimum absolute atomic E-state index is 0.174. The van der Waals surface area contributed by atoms with E-state index in [1.165, 1.54) is 12.4 Å². The third-order valence-corrected chi connectivity index (χ3v) is 7.00. The second kappa shape index (κ2) is 11.3. The molecule has 0 unspecified atom stereocenters. The molecule has 2 N–H and O–H groups in total. The number of imidazole rings is 1. The first-order chi connectivity index (χ1) is 18.3. The van der Waals surface area contributed by atoms with Gasteiger partial charge in [0.05, 0.1) is 10.8 Å². The van der Waals surface area contributed by atoms with Crippen LogP contribution in [-0.4, -0.2) is 45.0 Å². The van der Waals surface area contributed by atoms with Gasteiger partial charge in [0.2, 0.25) is 19.1 Å². The summed E-state index contributed by atoms with van der Waals surface area (Å²) in [5.74, 6) is -0.360. The van der Waals surface area contributed by atoms with Crippen molar-refractivity contribution in [3.05, 3.63) is 18.5 Å². The van der Waals surface area contributed by atoms with E-state index in [4.69, 9.17) is 28.7 Å². The number of carbonyl (C=O) groups excluding carboxylic acids is 2. The van der Waals surface area contributed by atoms with Gasteiger partial charge in [0, 0.05) is 6.54 Å². The van der Waals surface area contributed by atoms with Gasteiger partial charge in [-0.2, -0.15) is 0 Å². The Balaban J connectivity index is 1.97. The van der Waals surface area contributed by atoms with Crippen molar-refractivity contribution in [1.82, 2.24) is 19.5 Å². The summed E-state index contributed by atoms with van der Waals surface area (Å²) in [7, 11) is -4.30. The molecule has 3 heterocycles. The molecule has 0 amide bonds. The normalized spacial score (nSPS) is 13.0. The van der Waals surface area contributed by atoms with E-state index >= 15 is 0 Å². The number of hydrogen-bond acceptors (Lipinski definition) is 12. The molecule has 14 heteroatoms. The van der Waals surface area contributed by atoms with E-state index < -0.39 is 44.0 Å². The Bertz CT molecular complexity index is 1390. The lowest BCUT2D eigenvalue weighted by atomic mass is 9.97. The Kier molecular flexibility index (Phi) is 8.83. The van der Waals surface area contributed by atoms with Crippen molar-refractivity contribution < 1.29 is 37.1 Å². The van der Waals surface area contributed by atoms with E-state index in [1.54, 1.807) is 47.6 Å². The Morgan fingerprint density at radius 2 is 1.48 bits per heavy atom. The van der Waals surface area contributed by atoms with Gasteiger partial charge in [0.25, 0.3) is 0 Å². The molecule has 0 aliphatic heterocycles. The molecule has 0 aliphatic rings. The Hall–Kier alpha value is -3.28. The number of nitrogen functional groups attached to an aromatic ring is 1. The maximum atomic E-state index is 13.9. The van der Waals surface area contributed by atoms with Crippen LogP contribution < -0.4 is 11.2 Å². The van der Waals surface area contributed by atoms with Crippen molar-refractivity contribution in [2.75, 3.05) is 19.3 Å². The molecule has 0 aliphatic carbocycles. The molecule has 40 heavy (non-hydrogen) atoms. The molecule has 0 bridgehead atoms. The summed E-state index contributed by atoms with van der Waals surface area (Å²) in [4.78, 5) is 37.4. The lowest BCUT2D eigenvalue weighted by Crippen LogP contribution is -2.25. The summed E-state index contributed by atoms with van der Waals surface area (Å²) in [6.45, 7) is 15.3. The molecule has 0 spiro atoms. The van der Waals surface area contributed by atoms with Crippen LogP contribution in [0.15, 0.2) is 22.9 Å². The van der Waals surface area contributed by atoms with Crippen LogP contribution in [0.1, 0.15) is 62.3 Å². The minimum atomic E-state index is -4.30. The average Bonchev–Trinajstić information content (AvgIpc) is 3.43. The van der Waals surface area contributed by atoms with E-state index in [0.717, 1.165) is 0 Å². The summed E-state index contributed by atoms with van der Waals surface area (Å²) in [5, 5.41) is 0. The highest BCUT2D eigenvalue weighted by atomic mass is 31.2. The van der Waals surface area contributed by atoms with E-state index in [1.807, 2.05) is 25.3 Å². The number of ether oxygens (including phenoxy) is 2. The third kappa shape index (κ3) is 7.47. The Morgan fingerprint density at radius 3 is 1.98 bits per heavy atom. The van der Waals surface area contributed by atoms with E-state index in [-0.39, 0.29) is 22.5 Å². The first kappa shape index (κ1) is 31.3. The minimum Gasteiger partial charge on any atom is -0.445 e. The number of aromatic nitrogens is 4. The van der Waals surface area contributed by atoms with Gasteiger partial charge >= 0.3 is 19.5 Å². The van der Waals surface area contributed by atoms with Crippen LogP contribution in [-0.2, 0) is 39.2 Å². The maximum Gasteiger partial charge on any atom is 0.402 e. The highest BCUT2D eigenvalue weighted by molar-refractivity contribution is 7.61. The summed E-state index contributed by atoms with van der Waals surface area (Å²) < 4.78 is 42.7. The zero-order chi connectivity index (χ0) is 30.1. The van der Waals surface area contributed by atoms with E-state index in [2.05, 4.69) is 15.0 Å². The highest BCUT2D eigenvalue weighted by Crippen LogP contribution is 2.48. The molecule has 0 fully saturated rings. The average molecular weight is 580 g/mol. The van der Waals surface area contributed by atoms with Crippen LogP contribution in [0.4, 0.5) is 5.82 Å². The molecular weight excluding hydrogens is 541 g/mol. The monoisotopic (exact) mass is 579 g/mol. The number of anilines is 1. The van der Waals surface area contributed by atoms with E-state index in [9.17, 15) is 14.2 Å². The molecule has 0 saturated heterocycles. The number of hydrogen-bond donors (Lipinski definition) is 1. The topological polar surface area (TPSA) is 171 Å². The fourth-order valence-electron chi connectivity index (χ4n) is 3.26. The van der Waals surface area contributed by atoms with Crippen molar-refractivity contribution in [3.63, 3.8) is 0 Å². The molecule has 3 aromatic rings.